The van der Waals surface area contributed by atoms with Crippen LogP contribution in [0.15, 0.2) is 22.8 Å². The van der Waals surface area contributed by atoms with E-state index in [1.165, 1.54) is 0 Å². The third kappa shape index (κ3) is 3.95. The maximum atomic E-state index is 4.17. The van der Waals surface area contributed by atoms with Crippen LogP contribution < -0.4 is 5.32 Å². The Bertz CT molecular complexity index is 308. The van der Waals surface area contributed by atoms with E-state index in [1.54, 1.807) is 6.20 Å². The van der Waals surface area contributed by atoms with Crippen molar-refractivity contribution in [1.82, 2.24) is 4.98 Å². The van der Waals surface area contributed by atoms with E-state index in [-0.39, 0.29) is 0 Å². The van der Waals surface area contributed by atoms with Crippen molar-refractivity contribution in [2.75, 3.05) is 11.9 Å². The van der Waals surface area contributed by atoms with Crippen molar-refractivity contribution in [3.05, 3.63) is 22.8 Å². The lowest BCUT2D eigenvalue weighted by Gasteiger charge is -2.01. The van der Waals surface area contributed by atoms with Gasteiger partial charge in [0.05, 0.1) is 0 Å². The van der Waals surface area contributed by atoms with Crippen molar-refractivity contribution in [3.8, 4) is 11.8 Å². The molecule has 3 heteroatoms. The van der Waals surface area contributed by atoms with Gasteiger partial charge in [0.25, 0.3) is 0 Å². The molecule has 0 saturated carbocycles. The van der Waals surface area contributed by atoms with Crippen LogP contribution >= 0.6 is 15.9 Å². The maximum absolute atomic E-state index is 4.17. The summed E-state index contributed by atoms with van der Waals surface area (Å²) in [6, 6.07) is 3.89. The predicted octanol–water partition coefficient (Wildman–Crippen LogP) is 2.67. The molecule has 0 atom stereocenters. The average molecular weight is 239 g/mol. The largest absolute Gasteiger partial charge is 0.369 e. The highest BCUT2D eigenvalue weighted by molar-refractivity contribution is 9.10. The highest BCUT2D eigenvalue weighted by atomic mass is 79.9. The van der Waals surface area contributed by atoms with Crippen LogP contribution in [-0.4, -0.2) is 11.5 Å². The van der Waals surface area contributed by atoms with Crippen LogP contribution in [-0.2, 0) is 0 Å². The Kier molecular flexibility index (Phi) is 4.34. The van der Waals surface area contributed by atoms with E-state index in [9.17, 15) is 0 Å². The Morgan fingerprint density at radius 3 is 3.00 bits per heavy atom. The summed E-state index contributed by atoms with van der Waals surface area (Å²) in [6.07, 6.45) is 2.63. The first-order valence-corrected chi connectivity index (χ1v) is 4.87. The van der Waals surface area contributed by atoms with Gasteiger partial charge in [-0.1, -0.05) is 0 Å². The number of aromatic nitrogens is 1. The first kappa shape index (κ1) is 10.1. The minimum absolute atomic E-state index is 0.843. The monoisotopic (exact) mass is 238 g/mol. The fraction of sp³-hybridized carbons (Fsp3) is 0.300. The fourth-order valence-electron chi connectivity index (χ4n) is 0.858. The van der Waals surface area contributed by atoms with E-state index in [2.05, 4.69) is 38.1 Å². The molecule has 0 spiro atoms. The number of nitrogens with one attached hydrogen (secondary N) is 1. The molecular weight excluding hydrogens is 228 g/mol. The summed E-state index contributed by atoms with van der Waals surface area (Å²) < 4.78 is 0.992. The smallest absolute Gasteiger partial charge is 0.125 e. The van der Waals surface area contributed by atoms with E-state index < -0.39 is 0 Å². The molecule has 13 heavy (non-hydrogen) atoms. The van der Waals surface area contributed by atoms with Gasteiger partial charge in [0.2, 0.25) is 0 Å². The molecule has 0 aliphatic carbocycles. The van der Waals surface area contributed by atoms with E-state index in [0.717, 1.165) is 23.3 Å². The summed E-state index contributed by atoms with van der Waals surface area (Å²) in [7, 11) is 0. The number of rotatable bonds is 3. The Hall–Kier alpha value is -1.01. The van der Waals surface area contributed by atoms with Gasteiger partial charge in [-0.25, -0.2) is 4.98 Å². The van der Waals surface area contributed by atoms with Crippen LogP contribution in [0.2, 0.25) is 0 Å². The van der Waals surface area contributed by atoms with Crippen molar-refractivity contribution >= 4 is 21.7 Å². The molecule has 1 rings (SSSR count). The quantitative estimate of drug-likeness (QED) is 0.647. The molecule has 1 aromatic heterocycles. The summed E-state index contributed by atoms with van der Waals surface area (Å²) in [5, 5.41) is 3.17. The van der Waals surface area contributed by atoms with Gasteiger partial charge in [-0.05, 0) is 35.0 Å². The number of hydrogen-bond acceptors (Lipinski definition) is 2. The highest BCUT2D eigenvalue weighted by Gasteiger charge is 1.90. The number of halogens is 1. The summed E-state index contributed by atoms with van der Waals surface area (Å²) in [6.45, 7) is 2.69. The van der Waals surface area contributed by atoms with Crippen molar-refractivity contribution in [2.45, 2.75) is 13.3 Å². The Balaban J connectivity index is 2.36. The minimum atomic E-state index is 0.843. The molecule has 2 nitrogen and oxygen atoms in total. The first-order valence-electron chi connectivity index (χ1n) is 4.08. The lowest BCUT2D eigenvalue weighted by atomic mass is 10.4. The van der Waals surface area contributed by atoms with Gasteiger partial charge < -0.3 is 5.32 Å². The standard InChI is InChI=1S/C10H11BrN2/c1-2-3-4-7-12-10-6-5-9(11)8-13-10/h5-6,8H,4,7H2,1H3,(H,12,13). The van der Waals surface area contributed by atoms with Gasteiger partial charge in [0, 0.05) is 23.6 Å². The molecule has 0 aliphatic heterocycles. The van der Waals surface area contributed by atoms with Gasteiger partial charge in [-0.15, -0.1) is 11.8 Å². The molecule has 0 amide bonds. The normalized spacial score (nSPS) is 8.77. The lowest BCUT2D eigenvalue weighted by Crippen LogP contribution is -2.01. The van der Waals surface area contributed by atoms with Gasteiger partial charge in [-0.3, -0.25) is 0 Å². The molecular formula is C10H11BrN2. The molecule has 1 N–H and O–H groups in total. The molecule has 0 fully saturated rings. The molecule has 0 aromatic carbocycles. The van der Waals surface area contributed by atoms with Crippen molar-refractivity contribution in [3.63, 3.8) is 0 Å². The van der Waals surface area contributed by atoms with E-state index in [0.29, 0.717) is 0 Å². The van der Waals surface area contributed by atoms with Gasteiger partial charge in [0.1, 0.15) is 5.82 Å². The Morgan fingerprint density at radius 2 is 2.38 bits per heavy atom. The molecule has 68 valence electrons. The third-order valence-electron chi connectivity index (χ3n) is 1.46. The fourth-order valence-corrected chi connectivity index (χ4v) is 1.09. The van der Waals surface area contributed by atoms with Gasteiger partial charge in [-0.2, -0.15) is 0 Å². The second kappa shape index (κ2) is 5.60. The molecule has 0 saturated heterocycles. The van der Waals surface area contributed by atoms with E-state index >= 15 is 0 Å². The summed E-state index contributed by atoms with van der Waals surface area (Å²) >= 11 is 3.33. The van der Waals surface area contributed by atoms with Crippen molar-refractivity contribution < 1.29 is 0 Å². The second-order valence-electron chi connectivity index (χ2n) is 2.47. The molecule has 0 unspecified atom stereocenters. The predicted molar refractivity (Wildman–Crippen MR) is 58.5 cm³/mol. The van der Waals surface area contributed by atoms with Crippen LogP contribution in [0.25, 0.3) is 0 Å². The Morgan fingerprint density at radius 1 is 1.54 bits per heavy atom. The average Bonchev–Trinajstić information content (AvgIpc) is 2.15. The summed E-state index contributed by atoms with van der Waals surface area (Å²) in [4.78, 5) is 4.17. The maximum Gasteiger partial charge on any atom is 0.125 e. The number of anilines is 1. The third-order valence-corrected chi connectivity index (χ3v) is 1.93. The van der Waals surface area contributed by atoms with Crippen LogP contribution in [0.3, 0.4) is 0 Å². The molecule has 0 radical (unpaired) electrons. The lowest BCUT2D eigenvalue weighted by molar-refractivity contribution is 1.07. The first-order chi connectivity index (χ1) is 6.33. The van der Waals surface area contributed by atoms with Crippen molar-refractivity contribution in [1.29, 1.82) is 0 Å². The number of nitrogens with zero attached hydrogens (tertiary/aromatic N) is 1. The SMILES string of the molecule is CC#CCCNc1ccc(Br)cn1. The van der Waals surface area contributed by atoms with E-state index in [1.807, 2.05) is 19.1 Å². The number of pyridine rings is 1. The van der Waals surface area contributed by atoms with Crippen LogP contribution in [0, 0.1) is 11.8 Å². The molecule has 0 aliphatic rings. The molecule has 1 heterocycles. The molecule has 0 bridgehead atoms. The van der Waals surface area contributed by atoms with Gasteiger partial charge >= 0.3 is 0 Å². The van der Waals surface area contributed by atoms with Crippen LogP contribution in [0.5, 0.6) is 0 Å². The summed E-state index contributed by atoms with van der Waals surface area (Å²) in [5.74, 6) is 6.72. The van der Waals surface area contributed by atoms with Crippen molar-refractivity contribution in [2.24, 2.45) is 0 Å². The molecule has 1 aromatic rings. The minimum Gasteiger partial charge on any atom is -0.369 e. The zero-order valence-electron chi connectivity index (χ0n) is 7.47. The highest BCUT2D eigenvalue weighted by Crippen LogP contribution is 2.09. The zero-order valence-corrected chi connectivity index (χ0v) is 9.06. The second-order valence-corrected chi connectivity index (χ2v) is 3.38. The topological polar surface area (TPSA) is 24.9 Å². The van der Waals surface area contributed by atoms with Crippen LogP contribution in [0.4, 0.5) is 5.82 Å². The Labute approximate surface area is 86.9 Å². The van der Waals surface area contributed by atoms with Crippen LogP contribution in [0.1, 0.15) is 13.3 Å². The number of hydrogen-bond donors (Lipinski definition) is 1. The summed E-state index contributed by atoms with van der Waals surface area (Å²) in [5.41, 5.74) is 0. The van der Waals surface area contributed by atoms with Gasteiger partial charge in [0.15, 0.2) is 0 Å². The zero-order chi connectivity index (χ0) is 9.52. The van der Waals surface area contributed by atoms with E-state index in [4.69, 9.17) is 0 Å².